The number of nitrogens with two attached hydrogens (primary N) is 1. The molecule has 1 heterocycles. The number of aromatic nitrogens is 3. The number of hydrogen-bond acceptors (Lipinski definition) is 6. The predicted molar refractivity (Wildman–Crippen MR) is 44.8 cm³/mol. The van der Waals surface area contributed by atoms with Gasteiger partial charge in [0, 0.05) is 0 Å². The van der Waals surface area contributed by atoms with E-state index in [1.54, 1.807) is 0 Å². The molecule has 1 aromatic heterocycles. The molecule has 0 aliphatic rings. The topological polar surface area (TPSA) is 116 Å². The van der Waals surface area contributed by atoms with Gasteiger partial charge in [-0.15, -0.1) is 5.10 Å². The molecule has 1 aromatic rings. The second-order valence-corrected chi connectivity index (χ2v) is 2.38. The van der Waals surface area contributed by atoms with Gasteiger partial charge in [0.15, 0.2) is 11.5 Å². The maximum Gasteiger partial charge on any atom is 0.360 e. The molecule has 0 saturated carbocycles. The molecule has 76 valence electrons. The van der Waals surface area contributed by atoms with Crippen LogP contribution in [0.4, 0.5) is 0 Å². The third-order valence-corrected chi connectivity index (χ3v) is 1.39. The van der Waals surface area contributed by atoms with Crippen LogP contribution in [0.2, 0.25) is 0 Å². The highest BCUT2D eigenvalue weighted by Gasteiger charge is 2.10. The van der Waals surface area contributed by atoms with E-state index in [1.807, 2.05) is 0 Å². The summed E-state index contributed by atoms with van der Waals surface area (Å²) in [6.45, 7) is 0.0560. The summed E-state index contributed by atoms with van der Waals surface area (Å²) in [5.74, 6) is -0.623. The number of carbonyl (C=O) groups is 1. The van der Waals surface area contributed by atoms with Crippen molar-refractivity contribution in [3.63, 3.8) is 0 Å². The fourth-order valence-electron chi connectivity index (χ4n) is 0.771. The molecule has 0 bridgehead atoms. The van der Waals surface area contributed by atoms with Gasteiger partial charge in [-0.25, -0.2) is 9.48 Å². The molecule has 0 atom stereocenters. The van der Waals surface area contributed by atoms with Gasteiger partial charge in [-0.1, -0.05) is 10.4 Å². The van der Waals surface area contributed by atoms with Crippen molar-refractivity contribution < 1.29 is 14.7 Å². The molecule has 0 aliphatic carbocycles. The molecule has 1 rings (SSSR count). The Labute approximate surface area is 78.9 Å². The van der Waals surface area contributed by atoms with Gasteiger partial charge in [-0.2, -0.15) is 0 Å². The first-order valence-electron chi connectivity index (χ1n) is 3.62. The monoisotopic (exact) mass is 199 g/mol. The fraction of sp³-hybridized carbons (Fsp3) is 0.333. The van der Waals surface area contributed by atoms with Crippen molar-refractivity contribution in [3.8, 4) is 0 Å². The molecule has 0 radical (unpaired) electrons. The van der Waals surface area contributed by atoms with Crippen molar-refractivity contribution in [3.05, 3.63) is 11.9 Å². The molecule has 14 heavy (non-hydrogen) atoms. The molecule has 0 spiro atoms. The maximum atomic E-state index is 10.9. The highest BCUT2D eigenvalue weighted by atomic mass is 16.5. The van der Waals surface area contributed by atoms with Crippen molar-refractivity contribution in [2.75, 3.05) is 7.11 Å². The van der Waals surface area contributed by atoms with Gasteiger partial charge in [0.1, 0.15) is 6.54 Å². The summed E-state index contributed by atoms with van der Waals surface area (Å²) in [6, 6.07) is 0. The lowest BCUT2D eigenvalue weighted by atomic mass is 10.5. The van der Waals surface area contributed by atoms with Gasteiger partial charge in [-0.05, 0) is 0 Å². The van der Waals surface area contributed by atoms with Crippen molar-refractivity contribution in [1.82, 2.24) is 15.0 Å². The van der Waals surface area contributed by atoms with Gasteiger partial charge in [0.2, 0.25) is 0 Å². The van der Waals surface area contributed by atoms with Crippen molar-refractivity contribution in [1.29, 1.82) is 0 Å². The number of ether oxygens (including phenoxy) is 1. The third-order valence-electron chi connectivity index (χ3n) is 1.39. The molecule has 0 unspecified atom stereocenters. The summed E-state index contributed by atoms with van der Waals surface area (Å²) in [4.78, 5) is 10.9. The molecule has 0 aromatic carbocycles. The van der Waals surface area contributed by atoms with Crippen molar-refractivity contribution in [2.45, 2.75) is 6.54 Å². The highest BCUT2D eigenvalue weighted by molar-refractivity contribution is 5.86. The molecule has 0 aliphatic heterocycles. The van der Waals surface area contributed by atoms with Crippen LogP contribution in [0, 0.1) is 0 Å². The minimum atomic E-state index is -0.587. The summed E-state index contributed by atoms with van der Waals surface area (Å²) < 4.78 is 5.67. The molecule has 0 fully saturated rings. The number of rotatable bonds is 3. The quantitative estimate of drug-likeness (QED) is 0.208. The number of methoxy groups -OCH3 is 1. The summed E-state index contributed by atoms with van der Waals surface area (Å²) >= 11 is 0. The zero-order chi connectivity index (χ0) is 10.6. The van der Waals surface area contributed by atoms with Crippen LogP contribution in [-0.4, -0.2) is 39.1 Å². The molecular weight excluding hydrogens is 190 g/mol. The molecule has 0 amide bonds. The van der Waals surface area contributed by atoms with Crippen LogP contribution in [0.5, 0.6) is 0 Å². The first-order chi connectivity index (χ1) is 6.67. The Morgan fingerprint density at radius 2 is 2.57 bits per heavy atom. The molecular formula is C6H9N5O3. The first-order valence-corrected chi connectivity index (χ1v) is 3.62. The fourth-order valence-corrected chi connectivity index (χ4v) is 0.771. The maximum absolute atomic E-state index is 10.9. The second kappa shape index (κ2) is 4.21. The van der Waals surface area contributed by atoms with Crippen LogP contribution in [0.15, 0.2) is 11.4 Å². The largest absolute Gasteiger partial charge is 0.464 e. The van der Waals surface area contributed by atoms with Crippen LogP contribution in [0.1, 0.15) is 10.5 Å². The normalized spacial score (nSPS) is 11.4. The van der Waals surface area contributed by atoms with Crippen LogP contribution < -0.4 is 5.73 Å². The standard InChI is InChI=1S/C6H9N5O3/c1-14-6(12)4-2-11(10-8-4)3-5(7)9-13/h2,13H,3H2,1H3,(H2,7,9). The number of amidine groups is 1. The van der Waals surface area contributed by atoms with Crippen LogP contribution in [-0.2, 0) is 11.3 Å². The van der Waals surface area contributed by atoms with E-state index in [-0.39, 0.29) is 18.1 Å². The third kappa shape index (κ3) is 2.19. The predicted octanol–water partition coefficient (Wildman–Crippen LogP) is -1.19. The van der Waals surface area contributed by atoms with Gasteiger partial charge < -0.3 is 15.7 Å². The molecule has 8 nitrogen and oxygen atoms in total. The Morgan fingerprint density at radius 3 is 3.14 bits per heavy atom. The highest BCUT2D eigenvalue weighted by Crippen LogP contribution is 1.94. The average molecular weight is 199 g/mol. The van der Waals surface area contributed by atoms with E-state index >= 15 is 0 Å². The molecule has 0 saturated heterocycles. The lowest BCUT2D eigenvalue weighted by molar-refractivity contribution is 0.0594. The minimum absolute atomic E-state index is 0.0358. The molecule has 8 heteroatoms. The van der Waals surface area contributed by atoms with Crippen molar-refractivity contribution in [2.24, 2.45) is 10.9 Å². The molecule has 3 N–H and O–H groups in total. The average Bonchev–Trinajstić information content (AvgIpc) is 2.65. The van der Waals surface area contributed by atoms with E-state index < -0.39 is 5.97 Å². The van der Waals surface area contributed by atoms with Gasteiger partial charge in [0.25, 0.3) is 0 Å². The summed E-state index contributed by atoms with van der Waals surface area (Å²) in [6.07, 6.45) is 1.34. The Bertz CT molecular complexity index is 358. The van der Waals surface area contributed by atoms with Gasteiger partial charge >= 0.3 is 5.97 Å². The minimum Gasteiger partial charge on any atom is -0.464 e. The van der Waals surface area contributed by atoms with E-state index in [0.717, 1.165) is 0 Å². The van der Waals surface area contributed by atoms with Gasteiger partial charge in [0.05, 0.1) is 13.3 Å². The second-order valence-electron chi connectivity index (χ2n) is 2.38. The zero-order valence-electron chi connectivity index (χ0n) is 7.41. The Kier molecular flexibility index (Phi) is 3.00. The SMILES string of the molecule is COC(=O)c1cn(C/C(N)=N/O)nn1. The van der Waals surface area contributed by atoms with Crippen LogP contribution in [0.25, 0.3) is 0 Å². The number of hydrogen-bond donors (Lipinski definition) is 2. The van der Waals surface area contributed by atoms with E-state index in [4.69, 9.17) is 10.9 Å². The van der Waals surface area contributed by atoms with E-state index in [9.17, 15) is 4.79 Å². The van der Waals surface area contributed by atoms with Crippen LogP contribution >= 0.6 is 0 Å². The zero-order valence-corrected chi connectivity index (χ0v) is 7.41. The lowest BCUT2D eigenvalue weighted by Gasteiger charge is -1.95. The number of oxime groups is 1. The number of nitrogens with zero attached hydrogens (tertiary/aromatic N) is 4. The van der Waals surface area contributed by atoms with Gasteiger partial charge in [-0.3, -0.25) is 0 Å². The summed E-state index contributed by atoms with van der Waals surface area (Å²) in [5.41, 5.74) is 5.29. The van der Waals surface area contributed by atoms with E-state index in [0.29, 0.717) is 0 Å². The smallest absolute Gasteiger partial charge is 0.360 e. The summed E-state index contributed by atoms with van der Waals surface area (Å²) in [5, 5.41) is 18.1. The number of esters is 1. The lowest BCUT2D eigenvalue weighted by Crippen LogP contribution is -2.19. The number of carbonyl (C=O) groups excluding carboxylic acids is 1. The van der Waals surface area contributed by atoms with E-state index in [1.165, 1.54) is 18.0 Å². The Balaban J connectivity index is 2.73. The first kappa shape index (κ1) is 9.96. The Morgan fingerprint density at radius 1 is 1.86 bits per heavy atom. The summed E-state index contributed by atoms with van der Waals surface area (Å²) in [7, 11) is 1.24. The van der Waals surface area contributed by atoms with E-state index in [2.05, 4.69) is 20.2 Å². The van der Waals surface area contributed by atoms with Crippen LogP contribution in [0.3, 0.4) is 0 Å². The Hall–Kier alpha value is -2.12. The van der Waals surface area contributed by atoms with Crippen molar-refractivity contribution >= 4 is 11.8 Å².